The summed E-state index contributed by atoms with van der Waals surface area (Å²) < 4.78 is 0. The molecule has 4 rings (SSSR count). The van der Waals surface area contributed by atoms with E-state index in [4.69, 9.17) is 0 Å². The minimum absolute atomic E-state index is 0.456. The molecule has 1 spiro atoms. The van der Waals surface area contributed by atoms with Crippen molar-refractivity contribution in [3.05, 3.63) is 33.9 Å². The SMILES string of the molecule is Cc1ccc(N2CC3(CCN(Cc4csc(C)n4)C3)C2)nn1. The Balaban J connectivity index is 1.35. The van der Waals surface area contributed by atoms with Crippen LogP contribution in [0.3, 0.4) is 0 Å². The van der Waals surface area contributed by atoms with E-state index in [1.165, 1.54) is 25.2 Å². The molecule has 0 aliphatic carbocycles. The Hall–Kier alpha value is -1.53. The second kappa shape index (κ2) is 5.28. The highest BCUT2D eigenvalue weighted by atomic mass is 32.1. The number of aryl methyl sites for hydroxylation is 2. The molecule has 2 aromatic heterocycles. The largest absolute Gasteiger partial charge is 0.354 e. The molecule has 2 aliphatic rings. The van der Waals surface area contributed by atoms with Crippen LogP contribution in [0.5, 0.6) is 0 Å². The highest BCUT2D eigenvalue weighted by Gasteiger charge is 2.48. The number of thiazole rings is 1. The molecule has 2 saturated heterocycles. The normalized spacial score (nSPS) is 20.5. The van der Waals surface area contributed by atoms with Gasteiger partial charge in [0, 0.05) is 37.0 Å². The number of aromatic nitrogens is 3. The van der Waals surface area contributed by atoms with E-state index in [0.717, 1.165) is 36.2 Å². The number of anilines is 1. The van der Waals surface area contributed by atoms with Crippen molar-refractivity contribution in [3.63, 3.8) is 0 Å². The smallest absolute Gasteiger partial charge is 0.151 e. The van der Waals surface area contributed by atoms with Gasteiger partial charge in [0.25, 0.3) is 0 Å². The third-order valence-corrected chi connectivity index (χ3v) is 5.55. The van der Waals surface area contributed by atoms with Crippen LogP contribution in [-0.2, 0) is 6.54 Å². The molecule has 0 radical (unpaired) electrons. The van der Waals surface area contributed by atoms with Crippen molar-refractivity contribution in [3.8, 4) is 0 Å². The first-order valence-electron chi connectivity index (χ1n) is 7.81. The summed E-state index contributed by atoms with van der Waals surface area (Å²) in [5.74, 6) is 1.02. The van der Waals surface area contributed by atoms with Crippen LogP contribution in [0.25, 0.3) is 0 Å². The van der Waals surface area contributed by atoms with Gasteiger partial charge in [-0.2, -0.15) is 5.10 Å². The molecule has 2 aliphatic heterocycles. The molecule has 0 atom stereocenters. The van der Waals surface area contributed by atoms with Crippen molar-refractivity contribution >= 4 is 17.2 Å². The summed E-state index contributed by atoms with van der Waals surface area (Å²) in [6, 6.07) is 4.12. The lowest BCUT2D eigenvalue weighted by Crippen LogP contribution is -2.58. The van der Waals surface area contributed by atoms with Crippen molar-refractivity contribution in [2.24, 2.45) is 5.41 Å². The zero-order valence-electron chi connectivity index (χ0n) is 13.1. The fraction of sp³-hybridized carbons (Fsp3) is 0.562. The minimum Gasteiger partial charge on any atom is -0.354 e. The lowest BCUT2D eigenvalue weighted by Gasteiger charge is -2.48. The molecular weight excluding hydrogens is 294 g/mol. The van der Waals surface area contributed by atoms with Crippen molar-refractivity contribution < 1.29 is 0 Å². The lowest BCUT2D eigenvalue weighted by atomic mass is 9.79. The second-order valence-corrected chi connectivity index (χ2v) is 7.77. The third kappa shape index (κ3) is 2.61. The highest BCUT2D eigenvalue weighted by molar-refractivity contribution is 7.09. The summed E-state index contributed by atoms with van der Waals surface area (Å²) in [5.41, 5.74) is 2.65. The summed E-state index contributed by atoms with van der Waals surface area (Å²) in [6.07, 6.45) is 1.28. The van der Waals surface area contributed by atoms with Crippen LogP contribution in [0.2, 0.25) is 0 Å². The van der Waals surface area contributed by atoms with Crippen LogP contribution in [-0.4, -0.2) is 46.3 Å². The Kier molecular flexibility index (Phi) is 3.38. The predicted molar refractivity (Wildman–Crippen MR) is 88.2 cm³/mol. The van der Waals surface area contributed by atoms with Gasteiger partial charge in [-0.25, -0.2) is 4.98 Å². The van der Waals surface area contributed by atoms with Crippen LogP contribution in [0.1, 0.15) is 22.8 Å². The Bertz CT molecular complexity index is 659. The van der Waals surface area contributed by atoms with Crippen molar-refractivity contribution in [1.82, 2.24) is 20.1 Å². The molecule has 0 unspecified atom stereocenters. The molecule has 116 valence electrons. The van der Waals surface area contributed by atoms with Gasteiger partial charge in [-0.15, -0.1) is 16.4 Å². The molecule has 4 heterocycles. The Morgan fingerprint density at radius 3 is 2.73 bits per heavy atom. The zero-order valence-corrected chi connectivity index (χ0v) is 13.9. The van der Waals surface area contributed by atoms with Crippen molar-refractivity contribution in [2.45, 2.75) is 26.8 Å². The van der Waals surface area contributed by atoms with Gasteiger partial charge in [-0.05, 0) is 38.9 Å². The number of rotatable bonds is 3. The summed E-state index contributed by atoms with van der Waals surface area (Å²) >= 11 is 1.74. The average molecular weight is 315 g/mol. The molecule has 22 heavy (non-hydrogen) atoms. The monoisotopic (exact) mass is 315 g/mol. The first-order valence-corrected chi connectivity index (χ1v) is 8.69. The minimum atomic E-state index is 0.456. The first-order chi connectivity index (χ1) is 10.6. The van der Waals surface area contributed by atoms with E-state index in [9.17, 15) is 0 Å². The van der Waals surface area contributed by atoms with E-state index in [1.807, 2.05) is 13.0 Å². The maximum atomic E-state index is 4.58. The lowest BCUT2D eigenvalue weighted by molar-refractivity contribution is 0.200. The molecule has 0 bridgehead atoms. The first kappa shape index (κ1) is 14.1. The van der Waals surface area contributed by atoms with Crippen LogP contribution in [0.4, 0.5) is 5.82 Å². The average Bonchev–Trinajstić information content (AvgIpc) is 3.06. The van der Waals surface area contributed by atoms with Crippen LogP contribution in [0.15, 0.2) is 17.5 Å². The maximum Gasteiger partial charge on any atom is 0.151 e. The second-order valence-electron chi connectivity index (χ2n) is 6.71. The van der Waals surface area contributed by atoms with E-state index in [0.29, 0.717) is 5.41 Å². The number of hydrogen-bond donors (Lipinski definition) is 0. The van der Waals surface area contributed by atoms with Gasteiger partial charge in [-0.3, -0.25) is 4.90 Å². The Morgan fingerprint density at radius 1 is 1.18 bits per heavy atom. The molecule has 0 aromatic carbocycles. The van der Waals surface area contributed by atoms with Gasteiger partial charge >= 0.3 is 0 Å². The summed E-state index contributed by atoms with van der Waals surface area (Å²) in [7, 11) is 0. The van der Waals surface area contributed by atoms with Crippen LogP contribution in [0, 0.1) is 19.3 Å². The molecule has 6 heteroatoms. The number of nitrogens with zero attached hydrogens (tertiary/aromatic N) is 5. The quantitative estimate of drug-likeness (QED) is 0.869. The number of likely N-dealkylation sites (tertiary alicyclic amines) is 1. The van der Waals surface area contributed by atoms with Gasteiger partial charge < -0.3 is 4.90 Å². The summed E-state index contributed by atoms with van der Waals surface area (Å²) in [6.45, 7) is 9.63. The molecule has 0 N–H and O–H groups in total. The maximum absolute atomic E-state index is 4.58. The highest BCUT2D eigenvalue weighted by Crippen LogP contribution is 2.41. The van der Waals surface area contributed by atoms with Gasteiger partial charge in [0.2, 0.25) is 0 Å². The predicted octanol–water partition coefficient (Wildman–Crippen LogP) is 2.26. The van der Waals surface area contributed by atoms with E-state index in [-0.39, 0.29) is 0 Å². The van der Waals surface area contributed by atoms with Crippen molar-refractivity contribution in [1.29, 1.82) is 0 Å². The molecule has 2 fully saturated rings. The van der Waals surface area contributed by atoms with Gasteiger partial charge in [-0.1, -0.05) is 0 Å². The summed E-state index contributed by atoms with van der Waals surface area (Å²) in [5, 5.41) is 11.8. The standard InChI is InChI=1S/C16H21N5S/c1-12-3-4-15(19-18-12)21-10-16(11-21)5-6-20(9-16)7-14-8-22-13(2)17-14/h3-4,8H,5-7,9-11H2,1-2H3. The van der Waals surface area contributed by atoms with Crippen molar-refractivity contribution in [2.75, 3.05) is 31.1 Å². The van der Waals surface area contributed by atoms with Gasteiger partial charge in [0.1, 0.15) is 0 Å². The van der Waals surface area contributed by atoms with Gasteiger partial charge in [0.15, 0.2) is 5.82 Å². The Morgan fingerprint density at radius 2 is 2.05 bits per heavy atom. The van der Waals surface area contributed by atoms with E-state index in [2.05, 4.69) is 43.4 Å². The topological polar surface area (TPSA) is 45.2 Å². The van der Waals surface area contributed by atoms with E-state index in [1.54, 1.807) is 11.3 Å². The Labute approximate surface area is 135 Å². The molecule has 5 nitrogen and oxygen atoms in total. The molecule has 0 amide bonds. The zero-order chi connectivity index (χ0) is 15.2. The molecule has 2 aromatic rings. The number of hydrogen-bond acceptors (Lipinski definition) is 6. The fourth-order valence-electron chi connectivity index (χ4n) is 3.62. The third-order valence-electron chi connectivity index (χ3n) is 4.73. The summed E-state index contributed by atoms with van der Waals surface area (Å²) in [4.78, 5) is 9.48. The van der Waals surface area contributed by atoms with E-state index < -0.39 is 0 Å². The van der Waals surface area contributed by atoms with Gasteiger partial charge in [0.05, 0.1) is 16.4 Å². The fourth-order valence-corrected chi connectivity index (χ4v) is 4.22. The molecule has 0 saturated carbocycles. The van der Waals surface area contributed by atoms with Crippen LogP contribution >= 0.6 is 11.3 Å². The van der Waals surface area contributed by atoms with E-state index >= 15 is 0 Å². The van der Waals surface area contributed by atoms with Crippen LogP contribution < -0.4 is 4.90 Å². The molecular formula is C16H21N5S.